The lowest BCUT2D eigenvalue weighted by molar-refractivity contribution is 0.0353. The lowest BCUT2D eigenvalue weighted by Crippen LogP contribution is -2.33. The van der Waals surface area contributed by atoms with E-state index in [0.29, 0.717) is 6.54 Å². The summed E-state index contributed by atoms with van der Waals surface area (Å²) in [5.41, 5.74) is 3.42. The second-order valence-electron chi connectivity index (χ2n) is 6.88. The fraction of sp³-hybridized carbons (Fsp3) is 0.579. The first kappa shape index (κ1) is 16.7. The number of ether oxygens (including phenoxy) is 2. The van der Waals surface area contributed by atoms with Crippen molar-refractivity contribution in [1.82, 2.24) is 20.1 Å². The fourth-order valence-corrected chi connectivity index (χ4v) is 3.59. The first-order chi connectivity index (χ1) is 12.4. The summed E-state index contributed by atoms with van der Waals surface area (Å²) in [6.45, 7) is 5.13. The van der Waals surface area contributed by atoms with E-state index in [9.17, 15) is 0 Å². The molecule has 25 heavy (non-hydrogen) atoms. The molecular weight excluding hydrogens is 316 g/mol. The number of nitrogens with zero attached hydrogens (tertiary/aromatic N) is 3. The van der Waals surface area contributed by atoms with Gasteiger partial charge < -0.3 is 14.8 Å². The number of fused-ring (bicyclic) bond motifs is 1. The van der Waals surface area contributed by atoms with Crippen LogP contribution in [0.2, 0.25) is 0 Å². The zero-order chi connectivity index (χ0) is 16.9. The molecule has 2 aliphatic heterocycles. The zero-order valence-electron chi connectivity index (χ0n) is 14.6. The van der Waals surface area contributed by atoms with Crippen molar-refractivity contribution in [2.45, 2.75) is 31.9 Å². The summed E-state index contributed by atoms with van der Waals surface area (Å²) in [4.78, 5) is 4.39. The molecule has 0 aliphatic carbocycles. The molecule has 6 heteroatoms. The molecule has 1 saturated heterocycles. The third-order valence-corrected chi connectivity index (χ3v) is 5.02. The Labute approximate surface area is 148 Å². The van der Waals surface area contributed by atoms with Crippen molar-refractivity contribution in [3.8, 4) is 0 Å². The third-order valence-electron chi connectivity index (χ3n) is 5.02. The maximum atomic E-state index is 5.98. The van der Waals surface area contributed by atoms with Crippen LogP contribution in [-0.2, 0) is 22.4 Å². The highest BCUT2D eigenvalue weighted by Crippen LogP contribution is 2.25. The standard InChI is InChI=1S/C19H26N4O2/c1-2-7-21-17(3-1)14-23-13-16-6-10-25-18(19(16)22-23)12-20-11-15-4-8-24-9-5-15/h1-3,7,13,15,18,20H,4-6,8-12,14H2/t18-/m0/s1. The van der Waals surface area contributed by atoms with E-state index in [0.717, 1.165) is 69.5 Å². The third kappa shape index (κ3) is 4.26. The van der Waals surface area contributed by atoms with Gasteiger partial charge in [0.05, 0.1) is 24.5 Å². The highest BCUT2D eigenvalue weighted by atomic mass is 16.5. The largest absolute Gasteiger partial charge is 0.381 e. The van der Waals surface area contributed by atoms with Gasteiger partial charge in [0, 0.05) is 32.2 Å². The molecule has 1 fully saturated rings. The minimum Gasteiger partial charge on any atom is -0.381 e. The molecule has 4 heterocycles. The molecule has 2 aromatic heterocycles. The predicted octanol–water partition coefficient (Wildman–Crippen LogP) is 1.96. The number of rotatable bonds is 6. The van der Waals surface area contributed by atoms with Gasteiger partial charge >= 0.3 is 0 Å². The van der Waals surface area contributed by atoms with Crippen molar-refractivity contribution in [2.75, 3.05) is 32.9 Å². The van der Waals surface area contributed by atoms with E-state index in [-0.39, 0.29) is 6.10 Å². The van der Waals surface area contributed by atoms with Crippen LogP contribution < -0.4 is 5.32 Å². The molecule has 1 N–H and O–H groups in total. The van der Waals surface area contributed by atoms with E-state index < -0.39 is 0 Å². The van der Waals surface area contributed by atoms with E-state index in [4.69, 9.17) is 14.6 Å². The molecule has 1 atom stereocenters. The Bertz CT molecular complexity index is 667. The van der Waals surface area contributed by atoms with Crippen molar-refractivity contribution < 1.29 is 9.47 Å². The number of aromatic nitrogens is 3. The van der Waals surface area contributed by atoms with Crippen LogP contribution >= 0.6 is 0 Å². The molecule has 0 bridgehead atoms. The average molecular weight is 342 g/mol. The topological polar surface area (TPSA) is 61.2 Å². The zero-order valence-corrected chi connectivity index (χ0v) is 14.6. The van der Waals surface area contributed by atoms with Crippen molar-refractivity contribution in [3.05, 3.63) is 47.5 Å². The van der Waals surface area contributed by atoms with Gasteiger partial charge in [-0.2, -0.15) is 5.10 Å². The highest BCUT2D eigenvalue weighted by molar-refractivity contribution is 5.23. The van der Waals surface area contributed by atoms with Gasteiger partial charge in [0.15, 0.2) is 0 Å². The van der Waals surface area contributed by atoms with Gasteiger partial charge in [0.25, 0.3) is 0 Å². The van der Waals surface area contributed by atoms with Crippen LogP contribution in [0.4, 0.5) is 0 Å². The van der Waals surface area contributed by atoms with Crippen molar-refractivity contribution in [1.29, 1.82) is 0 Å². The van der Waals surface area contributed by atoms with Crippen LogP contribution in [0.15, 0.2) is 30.6 Å². The summed E-state index contributed by atoms with van der Waals surface area (Å²) in [5.74, 6) is 0.721. The van der Waals surface area contributed by atoms with Crippen LogP contribution in [0.1, 0.15) is 35.9 Å². The lowest BCUT2D eigenvalue weighted by Gasteiger charge is -2.25. The van der Waals surface area contributed by atoms with Crippen molar-refractivity contribution >= 4 is 0 Å². The maximum absolute atomic E-state index is 5.98. The minimum absolute atomic E-state index is 0.0496. The molecule has 2 aromatic rings. The van der Waals surface area contributed by atoms with Crippen LogP contribution in [0, 0.1) is 5.92 Å². The van der Waals surface area contributed by atoms with Crippen LogP contribution in [0.5, 0.6) is 0 Å². The van der Waals surface area contributed by atoms with Crippen LogP contribution in [0.3, 0.4) is 0 Å². The molecule has 0 radical (unpaired) electrons. The summed E-state index contributed by atoms with van der Waals surface area (Å²) < 4.78 is 13.4. The van der Waals surface area contributed by atoms with Crippen molar-refractivity contribution in [2.24, 2.45) is 5.92 Å². The fourth-order valence-electron chi connectivity index (χ4n) is 3.59. The highest BCUT2D eigenvalue weighted by Gasteiger charge is 2.25. The van der Waals surface area contributed by atoms with Crippen LogP contribution in [-0.4, -0.2) is 47.7 Å². The van der Waals surface area contributed by atoms with E-state index in [1.165, 1.54) is 5.56 Å². The van der Waals surface area contributed by atoms with Crippen molar-refractivity contribution in [3.63, 3.8) is 0 Å². The number of nitrogens with one attached hydrogen (secondary N) is 1. The molecule has 0 amide bonds. The van der Waals surface area contributed by atoms with Gasteiger partial charge in [0.2, 0.25) is 0 Å². The average Bonchev–Trinajstić information content (AvgIpc) is 3.07. The molecule has 2 aliphatic rings. The number of hydrogen-bond donors (Lipinski definition) is 1. The molecule has 0 aromatic carbocycles. The van der Waals surface area contributed by atoms with Gasteiger partial charge in [0.1, 0.15) is 6.10 Å². The summed E-state index contributed by atoms with van der Waals surface area (Å²) >= 11 is 0. The van der Waals surface area contributed by atoms with E-state index in [2.05, 4.69) is 16.5 Å². The van der Waals surface area contributed by atoms with Gasteiger partial charge in [-0.05, 0) is 49.4 Å². The molecule has 6 nitrogen and oxygen atoms in total. The molecule has 0 spiro atoms. The Hall–Kier alpha value is -1.76. The Balaban J connectivity index is 1.36. The monoisotopic (exact) mass is 342 g/mol. The Morgan fingerprint density at radius 2 is 2.08 bits per heavy atom. The summed E-state index contributed by atoms with van der Waals surface area (Å²) in [7, 11) is 0. The first-order valence-electron chi connectivity index (χ1n) is 9.24. The van der Waals surface area contributed by atoms with Gasteiger partial charge in [-0.3, -0.25) is 9.67 Å². The second kappa shape index (κ2) is 8.08. The lowest BCUT2D eigenvalue weighted by atomic mass is 10.00. The van der Waals surface area contributed by atoms with E-state index >= 15 is 0 Å². The number of pyridine rings is 1. The summed E-state index contributed by atoms with van der Waals surface area (Å²) in [6.07, 6.45) is 7.27. The van der Waals surface area contributed by atoms with Gasteiger partial charge in [-0.1, -0.05) is 6.07 Å². The Kier molecular flexibility index (Phi) is 5.40. The van der Waals surface area contributed by atoms with Gasteiger partial charge in [-0.25, -0.2) is 0 Å². The van der Waals surface area contributed by atoms with E-state index in [1.807, 2.05) is 29.1 Å². The molecular formula is C19H26N4O2. The minimum atomic E-state index is 0.0496. The molecule has 134 valence electrons. The molecule has 0 saturated carbocycles. The quantitative estimate of drug-likeness (QED) is 0.869. The summed E-state index contributed by atoms with van der Waals surface area (Å²) in [6, 6.07) is 5.98. The SMILES string of the molecule is c1ccc(Cn2cc3c(n2)[C@H](CNCC2CCOCC2)OCC3)nc1. The molecule has 4 rings (SSSR count). The Morgan fingerprint density at radius 3 is 2.92 bits per heavy atom. The van der Waals surface area contributed by atoms with Crippen LogP contribution in [0.25, 0.3) is 0 Å². The second-order valence-corrected chi connectivity index (χ2v) is 6.88. The van der Waals surface area contributed by atoms with E-state index in [1.54, 1.807) is 0 Å². The van der Waals surface area contributed by atoms with Gasteiger partial charge in [-0.15, -0.1) is 0 Å². The Morgan fingerprint density at radius 1 is 1.16 bits per heavy atom. The number of hydrogen-bond acceptors (Lipinski definition) is 5. The smallest absolute Gasteiger partial charge is 0.114 e. The normalized spacial score (nSPS) is 21.2. The first-order valence-corrected chi connectivity index (χ1v) is 9.24. The summed E-state index contributed by atoms with van der Waals surface area (Å²) in [5, 5.41) is 8.37. The predicted molar refractivity (Wildman–Crippen MR) is 94.4 cm³/mol. The maximum Gasteiger partial charge on any atom is 0.114 e. The molecule has 0 unspecified atom stereocenters.